The van der Waals surface area contributed by atoms with Crippen LogP contribution in [0.25, 0.3) is 0 Å². The van der Waals surface area contributed by atoms with Gasteiger partial charge in [0.05, 0.1) is 6.61 Å². The molecule has 18 heavy (non-hydrogen) atoms. The molecule has 0 saturated heterocycles. The summed E-state index contributed by atoms with van der Waals surface area (Å²) in [6.07, 6.45) is 5.86. The molecule has 1 aliphatic heterocycles. The number of benzene rings is 1. The van der Waals surface area contributed by atoms with E-state index in [0.29, 0.717) is 4.75 Å². The van der Waals surface area contributed by atoms with Crippen molar-refractivity contribution in [3.8, 4) is 5.75 Å². The van der Waals surface area contributed by atoms with Gasteiger partial charge in [-0.15, -0.1) is 0 Å². The lowest BCUT2D eigenvalue weighted by molar-refractivity contribution is 0.352. The molecule has 1 aliphatic carbocycles. The minimum atomic E-state index is 0.503. The standard InChI is InChI=1S/C14H18ClNOS/c1-18-14(3-4-14)9-16-8-11-7-12(15)6-10-2-5-17-13(10)11/h6-7,16H,2-5,8-9H2,1H3. The Bertz CT molecular complexity index is 459. The summed E-state index contributed by atoms with van der Waals surface area (Å²) in [5.74, 6) is 1.06. The Morgan fingerprint density at radius 2 is 2.28 bits per heavy atom. The van der Waals surface area contributed by atoms with Gasteiger partial charge in [-0.2, -0.15) is 11.8 Å². The number of halogens is 1. The predicted octanol–water partition coefficient (Wildman–Crippen LogP) is 3.26. The highest BCUT2D eigenvalue weighted by Crippen LogP contribution is 2.46. The quantitative estimate of drug-likeness (QED) is 0.896. The Morgan fingerprint density at radius 1 is 1.44 bits per heavy atom. The van der Waals surface area contributed by atoms with Crippen molar-refractivity contribution >= 4 is 23.4 Å². The Morgan fingerprint density at radius 3 is 3.00 bits per heavy atom. The highest BCUT2D eigenvalue weighted by Gasteiger charge is 2.41. The van der Waals surface area contributed by atoms with E-state index in [1.165, 1.54) is 24.0 Å². The third-order valence-electron chi connectivity index (χ3n) is 3.83. The molecule has 1 aromatic rings. The van der Waals surface area contributed by atoms with Crippen LogP contribution in [-0.2, 0) is 13.0 Å². The first kappa shape index (κ1) is 12.6. The summed E-state index contributed by atoms with van der Waals surface area (Å²) in [5.41, 5.74) is 2.46. The van der Waals surface area contributed by atoms with Crippen molar-refractivity contribution < 1.29 is 4.74 Å². The van der Waals surface area contributed by atoms with Crippen molar-refractivity contribution in [2.45, 2.75) is 30.6 Å². The van der Waals surface area contributed by atoms with E-state index >= 15 is 0 Å². The SMILES string of the molecule is CSC1(CNCc2cc(Cl)cc3c2OCC3)CC1. The molecular weight excluding hydrogens is 266 g/mol. The molecule has 2 aliphatic rings. The van der Waals surface area contributed by atoms with Gasteiger partial charge in [0.1, 0.15) is 5.75 Å². The van der Waals surface area contributed by atoms with Gasteiger partial charge in [0.25, 0.3) is 0 Å². The lowest BCUT2D eigenvalue weighted by Crippen LogP contribution is -2.25. The molecule has 1 heterocycles. The summed E-state index contributed by atoms with van der Waals surface area (Å²) in [6.45, 7) is 2.72. The van der Waals surface area contributed by atoms with Gasteiger partial charge in [-0.3, -0.25) is 0 Å². The zero-order chi connectivity index (χ0) is 12.6. The number of thioether (sulfide) groups is 1. The van der Waals surface area contributed by atoms with Crippen LogP contribution in [0.2, 0.25) is 5.02 Å². The number of ether oxygens (including phenoxy) is 1. The van der Waals surface area contributed by atoms with E-state index in [1.54, 1.807) is 0 Å². The molecule has 2 nitrogen and oxygen atoms in total. The van der Waals surface area contributed by atoms with Crippen molar-refractivity contribution in [3.05, 3.63) is 28.3 Å². The van der Waals surface area contributed by atoms with Crippen LogP contribution in [0.1, 0.15) is 24.0 Å². The molecule has 1 N–H and O–H groups in total. The minimum absolute atomic E-state index is 0.503. The van der Waals surface area contributed by atoms with Gasteiger partial charge in [-0.1, -0.05) is 11.6 Å². The molecule has 0 amide bonds. The smallest absolute Gasteiger partial charge is 0.127 e. The fourth-order valence-electron chi connectivity index (χ4n) is 2.49. The predicted molar refractivity (Wildman–Crippen MR) is 77.8 cm³/mol. The Balaban J connectivity index is 1.66. The summed E-state index contributed by atoms with van der Waals surface area (Å²) >= 11 is 8.13. The monoisotopic (exact) mass is 283 g/mol. The molecular formula is C14H18ClNOS. The van der Waals surface area contributed by atoms with Gasteiger partial charge in [-0.05, 0) is 36.8 Å². The molecule has 0 unspecified atom stereocenters. The van der Waals surface area contributed by atoms with Gasteiger partial charge in [0.15, 0.2) is 0 Å². The average molecular weight is 284 g/mol. The summed E-state index contributed by atoms with van der Waals surface area (Å²) < 4.78 is 6.21. The van der Waals surface area contributed by atoms with E-state index in [0.717, 1.165) is 36.9 Å². The highest BCUT2D eigenvalue weighted by molar-refractivity contribution is 8.00. The van der Waals surface area contributed by atoms with Crippen LogP contribution in [0.15, 0.2) is 12.1 Å². The summed E-state index contributed by atoms with van der Waals surface area (Å²) in [5, 5.41) is 4.37. The Kier molecular flexibility index (Phi) is 3.48. The molecule has 0 atom stereocenters. The first-order valence-electron chi connectivity index (χ1n) is 6.42. The van der Waals surface area contributed by atoms with Crippen LogP contribution in [-0.4, -0.2) is 24.2 Å². The van der Waals surface area contributed by atoms with E-state index in [-0.39, 0.29) is 0 Å². The van der Waals surface area contributed by atoms with E-state index in [2.05, 4.69) is 11.6 Å². The molecule has 0 spiro atoms. The molecule has 1 saturated carbocycles. The van der Waals surface area contributed by atoms with Crippen LogP contribution in [0.3, 0.4) is 0 Å². The average Bonchev–Trinajstić information content (AvgIpc) is 2.98. The van der Waals surface area contributed by atoms with Crippen molar-refractivity contribution in [3.63, 3.8) is 0 Å². The summed E-state index contributed by atoms with van der Waals surface area (Å²) in [7, 11) is 0. The number of nitrogens with one attached hydrogen (secondary N) is 1. The number of hydrogen-bond acceptors (Lipinski definition) is 3. The fraction of sp³-hybridized carbons (Fsp3) is 0.571. The maximum atomic E-state index is 6.15. The number of rotatable bonds is 5. The first-order chi connectivity index (χ1) is 8.72. The van der Waals surface area contributed by atoms with E-state index in [1.807, 2.05) is 23.9 Å². The zero-order valence-electron chi connectivity index (χ0n) is 10.6. The summed E-state index contributed by atoms with van der Waals surface area (Å²) in [6, 6.07) is 4.05. The van der Waals surface area contributed by atoms with Gasteiger partial charge in [-0.25, -0.2) is 0 Å². The van der Waals surface area contributed by atoms with Crippen molar-refractivity contribution in [2.24, 2.45) is 0 Å². The topological polar surface area (TPSA) is 21.3 Å². The fourth-order valence-corrected chi connectivity index (χ4v) is 3.51. The highest BCUT2D eigenvalue weighted by atomic mass is 35.5. The molecule has 0 aromatic heterocycles. The molecule has 1 aromatic carbocycles. The lowest BCUT2D eigenvalue weighted by atomic mass is 10.1. The molecule has 3 rings (SSSR count). The first-order valence-corrected chi connectivity index (χ1v) is 8.03. The Labute approximate surface area is 117 Å². The maximum Gasteiger partial charge on any atom is 0.127 e. The largest absolute Gasteiger partial charge is 0.493 e. The van der Waals surface area contributed by atoms with E-state index in [9.17, 15) is 0 Å². The van der Waals surface area contributed by atoms with Gasteiger partial charge in [0, 0.05) is 34.8 Å². The van der Waals surface area contributed by atoms with E-state index < -0.39 is 0 Å². The third kappa shape index (κ3) is 2.49. The molecule has 0 radical (unpaired) electrons. The molecule has 98 valence electrons. The van der Waals surface area contributed by atoms with E-state index in [4.69, 9.17) is 16.3 Å². The third-order valence-corrected chi connectivity index (χ3v) is 5.47. The second kappa shape index (κ2) is 4.95. The zero-order valence-corrected chi connectivity index (χ0v) is 12.2. The van der Waals surface area contributed by atoms with Crippen molar-refractivity contribution in [1.29, 1.82) is 0 Å². The molecule has 4 heteroatoms. The lowest BCUT2D eigenvalue weighted by Gasteiger charge is -2.14. The maximum absolute atomic E-state index is 6.15. The van der Waals surface area contributed by atoms with Crippen LogP contribution < -0.4 is 10.1 Å². The normalized spacial score (nSPS) is 19.4. The van der Waals surface area contributed by atoms with Gasteiger partial charge in [0.2, 0.25) is 0 Å². The van der Waals surface area contributed by atoms with Crippen LogP contribution >= 0.6 is 23.4 Å². The number of fused-ring (bicyclic) bond motifs is 1. The number of hydrogen-bond donors (Lipinski definition) is 1. The van der Waals surface area contributed by atoms with Crippen molar-refractivity contribution in [2.75, 3.05) is 19.4 Å². The Hall–Kier alpha value is -0.380. The molecule has 1 fully saturated rings. The van der Waals surface area contributed by atoms with Crippen molar-refractivity contribution in [1.82, 2.24) is 5.32 Å². The second-order valence-corrected chi connectivity index (χ2v) is 6.85. The molecule has 0 bridgehead atoms. The van der Waals surface area contributed by atoms with Gasteiger partial charge >= 0.3 is 0 Å². The van der Waals surface area contributed by atoms with Crippen LogP contribution in [0.5, 0.6) is 5.75 Å². The summed E-state index contributed by atoms with van der Waals surface area (Å²) in [4.78, 5) is 0. The second-order valence-electron chi connectivity index (χ2n) is 5.14. The minimum Gasteiger partial charge on any atom is -0.493 e. The van der Waals surface area contributed by atoms with Gasteiger partial charge < -0.3 is 10.1 Å². The van der Waals surface area contributed by atoms with Crippen LogP contribution in [0.4, 0.5) is 0 Å². The van der Waals surface area contributed by atoms with Crippen LogP contribution in [0, 0.1) is 0 Å².